The van der Waals surface area contributed by atoms with Gasteiger partial charge in [-0.15, -0.1) is 0 Å². The lowest BCUT2D eigenvalue weighted by molar-refractivity contribution is -0.140. The van der Waals surface area contributed by atoms with Crippen molar-refractivity contribution >= 4 is 12.0 Å². The number of fused-ring (bicyclic) bond motifs is 2. The number of rotatable bonds is 5. The Labute approximate surface area is 125 Å². The van der Waals surface area contributed by atoms with E-state index >= 15 is 0 Å². The normalized spacial score (nSPS) is 30.5. The standard InChI is InChI=1S/C14H25N3O4/c1-17-10-4-3-5-11(17)7-9(6-10)15-14(20)16-12(8-21-2)13(18)19/h9-12H,3-8H2,1-2H3,(H,18,19)(H2,15,16,20). The van der Waals surface area contributed by atoms with Gasteiger partial charge in [0.2, 0.25) is 0 Å². The molecule has 0 aromatic rings. The Morgan fingerprint density at radius 2 is 1.95 bits per heavy atom. The zero-order chi connectivity index (χ0) is 15.4. The van der Waals surface area contributed by atoms with Gasteiger partial charge in [-0.1, -0.05) is 6.42 Å². The SMILES string of the molecule is COCC(NC(=O)NC1CC2CCCC(C1)N2C)C(=O)O. The number of ether oxygens (including phenoxy) is 1. The van der Waals surface area contributed by atoms with Gasteiger partial charge >= 0.3 is 12.0 Å². The van der Waals surface area contributed by atoms with Crippen LogP contribution < -0.4 is 10.6 Å². The summed E-state index contributed by atoms with van der Waals surface area (Å²) >= 11 is 0. The van der Waals surface area contributed by atoms with Gasteiger partial charge in [0.1, 0.15) is 0 Å². The van der Waals surface area contributed by atoms with Crippen LogP contribution in [0.15, 0.2) is 0 Å². The summed E-state index contributed by atoms with van der Waals surface area (Å²) in [7, 11) is 3.57. The Hall–Kier alpha value is -1.34. The summed E-state index contributed by atoms with van der Waals surface area (Å²) in [6.45, 7) is -0.0403. The van der Waals surface area contributed by atoms with E-state index in [2.05, 4.69) is 22.6 Å². The Balaban J connectivity index is 1.84. The van der Waals surface area contributed by atoms with Gasteiger partial charge in [0.25, 0.3) is 0 Å². The minimum absolute atomic E-state index is 0.0403. The lowest BCUT2D eigenvalue weighted by Crippen LogP contribution is -2.57. The monoisotopic (exact) mass is 299 g/mol. The maximum Gasteiger partial charge on any atom is 0.328 e. The van der Waals surface area contributed by atoms with Crippen molar-refractivity contribution in [1.29, 1.82) is 0 Å². The molecule has 0 spiro atoms. The van der Waals surface area contributed by atoms with Crippen LogP contribution in [-0.4, -0.2) is 66.9 Å². The quantitative estimate of drug-likeness (QED) is 0.683. The molecule has 7 nitrogen and oxygen atoms in total. The molecule has 2 rings (SSSR count). The Bertz CT molecular complexity index is 376. The summed E-state index contributed by atoms with van der Waals surface area (Å²) in [5.41, 5.74) is 0. The first kappa shape index (κ1) is 16.0. The first-order valence-electron chi connectivity index (χ1n) is 7.52. The van der Waals surface area contributed by atoms with Crippen molar-refractivity contribution in [3.05, 3.63) is 0 Å². The van der Waals surface area contributed by atoms with Gasteiger partial charge in [-0.05, 0) is 32.7 Å². The zero-order valence-electron chi connectivity index (χ0n) is 12.7. The smallest absolute Gasteiger partial charge is 0.328 e. The maximum atomic E-state index is 11.9. The van der Waals surface area contributed by atoms with E-state index in [9.17, 15) is 9.59 Å². The van der Waals surface area contributed by atoms with E-state index in [1.54, 1.807) is 0 Å². The van der Waals surface area contributed by atoms with Crippen LogP contribution >= 0.6 is 0 Å². The van der Waals surface area contributed by atoms with Crippen LogP contribution in [0.25, 0.3) is 0 Å². The van der Waals surface area contributed by atoms with Crippen molar-refractivity contribution in [1.82, 2.24) is 15.5 Å². The largest absolute Gasteiger partial charge is 0.480 e. The molecule has 2 amide bonds. The molecule has 2 bridgehead atoms. The second-order valence-electron chi connectivity index (χ2n) is 6.04. The first-order chi connectivity index (χ1) is 10.0. The second-order valence-corrected chi connectivity index (χ2v) is 6.04. The molecular formula is C14H25N3O4. The highest BCUT2D eigenvalue weighted by atomic mass is 16.5. The van der Waals surface area contributed by atoms with Crippen LogP contribution in [0.1, 0.15) is 32.1 Å². The third kappa shape index (κ3) is 4.07. The zero-order valence-corrected chi connectivity index (χ0v) is 12.7. The van der Waals surface area contributed by atoms with Crippen LogP contribution in [0.5, 0.6) is 0 Å². The topological polar surface area (TPSA) is 90.9 Å². The maximum absolute atomic E-state index is 11.9. The van der Waals surface area contributed by atoms with Gasteiger partial charge < -0.3 is 25.4 Å². The number of carboxylic acids is 1. The third-order valence-corrected chi connectivity index (χ3v) is 4.61. The number of nitrogens with one attached hydrogen (secondary N) is 2. The van der Waals surface area contributed by atoms with Gasteiger partial charge in [0.05, 0.1) is 6.61 Å². The number of piperidine rings is 2. The van der Waals surface area contributed by atoms with Crippen molar-refractivity contribution in [2.24, 2.45) is 0 Å². The summed E-state index contributed by atoms with van der Waals surface area (Å²) in [4.78, 5) is 25.4. The van der Waals surface area contributed by atoms with Crippen molar-refractivity contribution in [2.75, 3.05) is 20.8 Å². The van der Waals surface area contributed by atoms with Crippen molar-refractivity contribution in [3.8, 4) is 0 Å². The fourth-order valence-corrected chi connectivity index (χ4v) is 3.46. The molecule has 2 fully saturated rings. The van der Waals surface area contributed by atoms with Crippen molar-refractivity contribution in [2.45, 2.75) is 56.3 Å². The van der Waals surface area contributed by atoms with E-state index in [-0.39, 0.29) is 12.6 Å². The van der Waals surface area contributed by atoms with E-state index in [0.717, 1.165) is 12.8 Å². The second kappa shape index (κ2) is 7.09. The molecule has 2 heterocycles. The predicted octanol–water partition coefficient (Wildman–Crippen LogP) is 0.401. The molecule has 2 saturated heterocycles. The number of hydrogen-bond acceptors (Lipinski definition) is 4. The van der Waals surface area contributed by atoms with Crippen LogP contribution in [-0.2, 0) is 9.53 Å². The minimum atomic E-state index is -1.09. The van der Waals surface area contributed by atoms with Gasteiger partial charge in [0, 0.05) is 25.2 Å². The molecule has 0 saturated carbocycles. The number of amides is 2. The molecule has 3 N–H and O–H groups in total. The molecule has 21 heavy (non-hydrogen) atoms. The molecule has 0 aromatic carbocycles. The highest BCUT2D eigenvalue weighted by molar-refractivity contribution is 5.82. The first-order valence-corrected chi connectivity index (χ1v) is 7.52. The molecule has 3 atom stereocenters. The van der Waals surface area contributed by atoms with E-state index in [4.69, 9.17) is 9.84 Å². The summed E-state index contributed by atoms with van der Waals surface area (Å²) in [6, 6.07) is -0.268. The average molecular weight is 299 g/mol. The Kier molecular flexibility index (Phi) is 5.41. The Morgan fingerprint density at radius 1 is 1.33 bits per heavy atom. The number of hydrogen-bond donors (Lipinski definition) is 3. The molecular weight excluding hydrogens is 274 g/mol. The van der Waals surface area contributed by atoms with Gasteiger partial charge in [-0.2, -0.15) is 0 Å². The highest BCUT2D eigenvalue weighted by Crippen LogP contribution is 2.32. The molecule has 0 aliphatic carbocycles. The molecule has 0 radical (unpaired) electrons. The van der Waals surface area contributed by atoms with Crippen LogP contribution in [0.3, 0.4) is 0 Å². The fourth-order valence-electron chi connectivity index (χ4n) is 3.46. The highest BCUT2D eigenvalue weighted by Gasteiger charge is 2.36. The summed E-state index contributed by atoms with van der Waals surface area (Å²) in [6.07, 6.45) is 5.47. The molecule has 3 unspecified atom stereocenters. The molecule has 2 aliphatic heterocycles. The lowest BCUT2D eigenvalue weighted by Gasteiger charge is -2.47. The number of carboxylic acid groups (broad SMARTS) is 1. The molecule has 2 aliphatic rings. The average Bonchev–Trinajstić information content (AvgIpc) is 2.39. The van der Waals surface area contributed by atoms with Crippen molar-refractivity contribution in [3.63, 3.8) is 0 Å². The van der Waals surface area contributed by atoms with Crippen LogP contribution in [0.2, 0.25) is 0 Å². The van der Waals surface area contributed by atoms with Gasteiger partial charge in [0.15, 0.2) is 6.04 Å². The predicted molar refractivity (Wildman–Crippen MR) is 77.2 cm³/mol. The fraction of sp³-hybridized carbons (Fsp3) is 0.857. The van der Waals surface area contributed by atoms with E-state index in [0.29, 0.717) is 12.1 Å². The molecule has 0 aromatic heterocycles. The van der Waals surface area contributed by atoms with Crippen molar-refractivity contribution < 1.29 is 19.4 Å². The molecule has 7 heteroatoms. The van der Waals surface area contributed by atoms with Gasteiger partial charge in [-0.25, -0.2) is 9.59 Å². The number of urea groups is 1. The molecule has 120 valence electrons. The summed E-state index contributed by atoms with van der Waals surface area (Å²) in [5.74, 6) is -1.09. The van der Waals surface area contributed by atoms with E-state index in [1.165, 1.54) is 26.4 Å². The number of aliphatic carboxylic acids is 1. The van der Waals surface area contributed by atoms with Crippen LogP contribution in [0.4, 0.5) is 4.79 Å². The number of carbonyl (C=O) groups is 2. The summed E-state index contributed by atoms with van der Waals surface area (Å²) < 4.78 is 4.80. The van der Waals surface area contributed by atoms with Gasteiger partial charge in [-0.3, -0.25) is 0 Å². The van der Waals surface area contributed by atoms with E-state index in [1.807, 2.05) is 0 Å². The number of carbonyl (C=O) groups excluding carboxylic acids is 1. The minimum Gasteiger partial charge on any atom is -0.480 e. The number of methoxy groups -OCH3 is 1. The Morgan fingerprint density at radius 3 is 2.48 bits per heavy atom. The number of nitrogens with zero attached hydrogens (tertiary/aromatic N) is 1. The lowest BCUT2D eigenvalue weighted by atomic mass is 9.82. The van der Waals surface area contributed by atoms with Crippen LogP contribution in [0, 0.1) is 0 Å². The summed E-state index contributed by atoms with van der Waals surface area (Å²) in [5, 5.41) is 14.4. The van der Waals surface area contributed by atoms with E-state index < -0.39 is 18.0 Å². The third-order valence-electron chi connectivity index (χ3n) is 4.61.